The molecule has 0 unspecified atom stereocenters. The molecule has 0 amide bonds. The zero-order chi connectivity index (χ0) is 18.7. The number of hydrogen-bond donors (Lipinski definition) is 0. The zero-order valence-electron chi connectivity index (χ0n) is 14.7. The van der Waals surface area contributed by atoms with Crippen LogP contribution in [-0.2, 0) is 16.6 Å². The Morgan fingerprint density at radius 3 is 2.00 bits per heavy atom. The molecule has 0 N–H and O–H groups in total. The third kappa shape index (κ3) is 4.09. The molecule has 0 radical (unpaired) electrons. The van der Waals surface area contributed by atoms with Gasteiger partial charge in [0.1, 0.15) is 0 Å². The predicted molar refractivity (Wildman–Crippen MR) is 107 cm³/mol. The minimum Gasteiger partial charge on any atom is -0.262 e. The van der Waals surface area contributed by atoms with Gasteiger partial charge in [-0.15, -0.1) is 0 Å². The lowest BCUT2D eigenvalue weighted by Gasteiger charge is -2.25. The van der Waals surface area contributed by atoms with Crippen LogP contribution in [0.5, 0.6) is 0 Å². The van der Waals surface area contributed by atoms with Crippen molar-refractivity contribution in [1.29, 1.82) is 0 Å². The van der Waals surface area contributed by atoms with Crippen molar-refractivity contribution >= 4 is 27.3 Å². The lowest BCUT2D eigenvalue weighted by atomic mass is 10.1. The average Bonchev–Trinajstić information content (AvgIpc) is 2.61. The number of halogens is 1. The summed E-state index contributed by atoms with van der Waals surface area (Å²) in [6, 6.07) is 21.5. The second-order valence-corrected chi connectivity index (χ2v) is 8.60. The molecule has 0 aliphatic carbocycles. The molecule has 0 fully saturated rings. The molecule has 26 heavy (non-hydrogen) atoms. The topological polar surface area (TPSA) is 37.4 Å². The van der Waals surface area contributed by atoms with E-state index >= 15 is 0 Å². The predicted octanol–water partition coefficient (Wildman–Crippen LogP) is 5.35. The van der Waals surface area contributed by atoms with Crippen LogP contribution in [0.4, 0.5) is 5.69 Å². The van der Waals surface area contributed by atoms with E-state index in [1.807, 2.05) is 44.2 Å². The largest absolute Gasteiger partial charge is 0.264 e. The van der Waals surface area contributed by atoms with Gasteiger partial charge in [0.05, 0.1) is 17.1 Å². The SMILES string of the molecule is Cc1cc(C)cc(N(Cc2ccc(Cl)cc2)S(=O)(=O)c2ccccc2)c1. The van der Waals surface area contributed by atoms with Crippen molar-refractivity contribution in [2.24, 2.45) is 0 Å². The van der Waals surface area contributed by atoms with Crippen LogP contribution in [-0.4, -0.2) is 8.42 Å². The molecule has 0 spiro atoms. The normalized spacial score (nSPS) is 11.3. The van der Waals surface area contributed by atoms with Crippen molar-refractivity contribution in [1.82, 2.24) is 0 Å². The fourth-order valence-corrected chi connectivity index (χ4v) is 4.47. The lowest BCUT2D eigenvalue weighted by molar-refractivity contribution is 0.590. The molecule has 0 saturated heterocycles. The van der Waals surface area contributed by atoms with Crippen LogP contribution in [0.15, 0.2) is 77.7 Å². The Hall–Kier alpha value is -2.30. The van der Waals surface area contributed by atoms with Crippen molar-refractivity contribution < 1.29 is 8.42 Å². The van der Waals surface area contributed by atoms with E-state index < -0.39 is 10.0 Å². The maximum absolute atomic E-state index is 13.3. The molecule has 0 saturated carbocycles. The summed E-state index contributed by atoms with van der Waals surface area (Å²) in [5, 5.41) is 0.623. The van der Waals surface area contributed by atoms with Gasteiger partial charge in [0.25, 0.3) is 10.0 Å². The van der Waals surface area contributed by atoms with E-state index in [1.54, 1.807) is 42.5 Å². The quantitative estimate of drug-likeness (QED) is 0.593. The zero-order valence-corrected chi connectivity index (χ0v) is 16.3. The molecule has 134 valence electrons. The van der Waals surface area contributed by atoms with Crippen molar-refractivity contribution in [3.05, 3.63) is 94.5 Å². The van der Waals surface area contributed by atoms with Gasteiger partial charge in [-0.05, 0) is 66.9 Å². The van der Waals surface area contributed by atoms with Crippen LogP contribution in [0.25, 0.3) is 0 Å². The molecule has 5 heteroatoms. The number of aryl methyl sites for hydroxylation is 2. The number of sulfonamides is 1. The van der Waals surface area contributed by atoms with E-state index in [1.165, 1.54) is 4.31 Å². The Bertz CT molecular complexity index is 980. The molecule has 0 atom stereocenters. The van der Waals surface area contributed by atoms with E-state index in [9.17, 15) is 8.42 Å². The van der Waals surface area contributed by atoms with Gasteiger partial charge in [-0.1, -0.05) is 48.0 Å². The van der Waals surface area contributed by atoms with Gasteiger partial charge in [-0.2, -0.15) is 0 Å². The molecule has 3 nitrogen and oxygen atoms in total. The average molecular weight is 386 g/mol. The van der Waals surface area contributed by atoms with Gasteiger partial charge in [-0.3, -0.25) is 4.31 Å². The van der Waals surface area contributed by atoms with Crippen LogP contribution < -0.4 is 4.31 Å². The van der Waals surface area contributed by atoms with Crippen LogP contribution in [0.3, 0.4) is 0 Å². The summed E-state index contributed by atoms with van der Waals surface area (Å²) in [6.45, 7) is 4.16. The lowest BCUT2D eigenvalue weighted by Crippen LogP contribution is -2.30. The van der Waals surface area contributed by atoms with E-state index in [0.717, 1.165) is 16.7 Å². The van der Waals surface area contributed by atoms with Gasteiger partial charge < -0.3 is 0 Å². The highest BCUT2D eigenvalue weighted by molar-refractivity contribution is 7.92. The van der Waals surface area contributed by atoms with Crippen LogP contribution >= 0.6 is 11.6 Å². The van der Waals surface area contributed by atoms with E-state index in [4.69, 9.17) is 11.6 Å². The monoisotopic (exact) mass is 385 g/mol. The van der Waals surface area contributed by atoms with Gasteiger partial charge >= 0.3 is 0 Å². The van der Waals surface area contributed by atoms with E-state index in [0.29, 0.717) is 10.7 Å². The van der Waals surface area contributed by atoms with Crippen molar-refractivity contribution in [2.45, 2.75) is 25.3 Å². The molecular formula is C21H20ClNO2S. The summed E-state index contributed by atoms with van der Waals surface area (Å²) in [4.78, 5) is 0.271. The number of rotatable bonds is 5. The molecule has 3 aromatic carbocycles. The van der Waals surface area contributed by atoms with E-state index in [-0.39, 0.29) is 11.4 Å². The highest BCUT2D eigenvalue weighted by Gasteiger charge is 2.25. The Kier molecular flexibility index (Phi) is 5.35. The Morgan fingerprint density at radius 2 is 1.42 bits per heavy atom. The second kappa shape index (κ2) is 7.52. The first-order valence-electron chi connectivity index (χ1n) is 8.27. The van der Waals surface area contributed by atoms with E-state index in [2.05, 4.69) is 0 Å². The third-order valence-electron chi connectivity index (χ3n) is 4.07. The molecule has 0 aliphatic rings. The first kappa shape index (κ1) is 18.5. The number of hydrogen-bond acceptors (Lipinski definition) is 2. The Balaban J connectivity index is 2.10. The first-order chi connectivity index (χ1) is 12.4. The molecule has 0 bridgehead atoms. The summed E-state index contributed by atoms with van der Waals surface area (Å²) in [6.07, 6.45) is 0. The molecule has 0 aliphatic heterocycles. The highest BCUT2D eigenvalue weighted by atomic mass is 35.5. The van der Waals surface area contributed by atoms with Gasteiger partial charge in [-0.25, -0.2) is 8.42 Å². The second-order valence-electron chi connectivity index (χ2n) is 6.30. The van der Waals surface area contributed by atoms with Crippen LogP contribution in [0, 0.1) is 13.8 Å². The Morgan fingerprint density at radius 1 is 0.846 bits per heavy atom. The standard InChI is InChI=1S/C21H20ClNO2S/c1-16-12-17(2)14-20(13-16)23(15-18-8-10-19(22)11-9-18)26(24,25)21-6-4-3-5-7-21/h3-14H,15H2,1-2H3. The van der Waals surface area contributed by atoms with Crippen molar-refractivity contribution in [3.63, 3.8) is 0 Å². The molecular weight excluding hydrogens is 366 g/mol. The van der Waals surface area contributed by atoms with Gasteiger partial charge in [0.15, 0.2) is 0 Å². The summed E-state index contributed by atoms with van der Waals surface area (Å²) < 4.78 is 28.1. The fraction of sp³-hybridized carbons (Fsp3) is 0.143. The molecule has 3 aromatic rings. The summed E-state index contributed by atoms with van der Waals surface area (Å²) >= 11 is 5.96. The van der Waals surface area contributed by atoms with Crippen molar-refractivity contribution in [3.8, 4) is 0 Å². The molecule has 3 rings (SSSR count). The van der Waals surface area contributed by atoms with Gasteiger partial charge in [0.2, 0.25) is 0 Å². The highest BCUT2D eigenvalue weighted by Crippen LogP contribution is 2.28. The first-order valence-corrected chi connectivity index (χ1v) is 10.1. The van der Waals surface area contributed by atoms with Crippen molar-refractivity contribution in [2.75, 3.05) is 4.31 Å². The maximum atomic E-state index is 13.3. The summed E-state index contributed by atoms with van der Waals surface area (Å²) in [7, 11) is -3.70. The number of nitrogens with zero attached hydrogens (tertiary/aromatic N) is 1. The van der Waals surface area contributed by atoms with Crippen LogP contribution in [0.1, 0.15) is 16.7 Å². The number of benzene rings is 3. The smallest absolute Gasteiger partial charge is 0.262 e. The maximum Gasteiger partial charge on any atom is 0.264 e. The van der Waals surface area contributed by atoms with Crippen LogP contribution in [0.2, 0.25) is 5.02 Å². The van der Waals surface area contributed by atoms with Gasteiger partial charge in [0, 0.05) is 5.02 Å². The molecule has 0 heterocycles. The summed E-state index contributed by atoms with van der Waals surface area (Å²) in [5.41, 5.74) is 3.56. The Labute approximate surface area is 159 Å². The fourth-order valence-electron chi connectivity index (χ4n) is 2.89. The number of anilines is 1. The minimum atomic E-state index is -3.70. The third-order valence-corrected chi connectivity index (χ3v) is 6.11. The summed E-state index contributed by atoms with van der Waals surface area (Å²) in [5.74, 6) is 0. The minimum absolute atomic E-state index is 0.233. The molecule has 0 aromatic heterocycles.